The number of hydrogen-bond acceptors (Lipinski definition) is 2. The molecule has 3 rings (SSSR count). The summed E-state index contributed by atoms with van der Waals surface area (Å²) < 4.78 is 1.88. The molecule has 1 aliphatic carbocycles. The molecule has 4 heteroatoms. The van der Waals surface area contributed by atoms with Crippen molar-refractivity contribution in [1.29, 1.82) is 0 Å². The second-order valence-corrected chi connectivity index (χ2v) is 6.57. The molecular weight excluding hydrogens is 238 g/mol. The van der Waals surface area contributed by atoms with Gasteiger partial charge in [0.25, 0.3) is 5.91 Å². The maximum Gasteiger partial charge on any atom is 0.257 e. The van der Waals surface area contributed by atoms with E-state index >= 15 is 0 Å². The van der Waals surface area contributed by atoms with Crippen molar-refractivity contribution in [3.05, 3.63) is 17.5 Å². The molecule has 1 spiro atoms. The summed E-state index contributed by atoms with van der Waals surface area (Å²) in [5.74, 6) is 0.168. The lowest BCUT2D eigenvalue weighted by molar-refractivity contribution is 0.00926. The van der Waals surface area contributed by atoms with Crippen molar-refractivity contribution < 1.29 is 4.79 Å². The number of carbonyl (C=O) groups is 1. The van der Waals surface area contributed by atoms with E-state index in [0.29, 0.717) is 11.5 Å². The van der Waals surface area contributed by atoms with Crippen LogP contribution >= 0.6 is 0 Å². The van der Waals surface area contributed by atoms with Crippen LogP contribution in [0.5, 0.6) is 0 Å². The summed E-state index contributed by atoms with van der Waals surface area (Å²) in [5.41, 5.74) is 2.10. The summed E-state index contributed by atoms with van der Waals surface area (Å²) in [6, 6.07) is 0.304. The largest absolute Gasteiger partial charge is 0.337 e. The molecule has 1 aromatic rings. The zero-order valence-electron chi connectivity index (χ0n) is 12.1. The highest BCUT2D eigenvalue weighted by Gasteiger charge is 2.46. The third kappa shape index (κ3) is 2.07. The summed E-state index contributed by atoms with van der Waals surface area (Å²) in [4.78, 5) is 14.5. The number of carbonyl (C=O) groups excluding carboxylic acids is 1. The Morgan fingerprint density at radius 1 is 1.32 bits per heavy atom. The molecule has 0 bridgehead atoms. The molecule has 0 atom stereocenters. The molecule has 4 nitrogen and oxygen atoms in total. The standard InChI is InChI=1S/C15H23N3O/c1-11(2)18-8-13(12(3)16-18)14(19)17-9-15(10-17)6-4-5-7-15/h8,11H,4-7,9-10H2,1-3H3. The second kappa shape index (κ2) is 4.36. The van der Waals surface area contributed by atoms with Gasteiger partial charge in [0.15, 0.2) is 0 Å². The highest BCUT2D eigenvalue weighted by atomic mass is 16.2. The minimum atomic E-state index is 0.168. The number of rotatable bonds is 2. The van der Waals surface area contributed by atoms with Crippen LogP contribution in [0.15, 0.2) is 6.20 Å². The number of hydrogen-bond donors (Lipinski definition) is 0. The smallest absolute Gasteiger partial charge is 0.257 e. The lowest BCUT2D eigenvalue weighted by atomic mass is 9.78. The van der Waals surface area contributed by atoms with E-state index in [1.807, 2.05) is 22.7 Å². The fraction of sp³-hybridized carbons (Fsp3) is 0.733. The van der Waals surface area contributed by atoms with Gasteiger partial charge in [-0.2, -0.15) is 5.10 Å². The minimum Gasteiger partial charge on any atom is -0.337 e. The van der Waals surface area contributed by atoms with Crippen LogP contribution in [0.3, 0.4) is 0 Å². The highest BCUT2D eigenvalue weighted by Crippen LogP contribution is 2.45. The number of nitrogens with zero attached hydrogens (tertiary/aromatic N) is 3. The summed E-state index contributed by atoms with van der Waals surface area (Å²) in [6.45, 7) is 8.00. The van der Waals surface area contributed by atoms with Crippen LogP contribution in [0.2, 0.25) is 0 Å². The third-order valence-electron chi connectivity index (χ3n) is 4.68. The molecule has 0 aromatic carbocycles. The molecule has 2 aliphatic rings. The number of amides is 1. The van der Waals surface area contributed by atoms with E-state index in [0.717, 1.165) is 24.3 Å². The van der Waals surface area contributed by atoms with E-state index in [-0.39, 0.29) is 5.91 Å². The first kappa shape index (κ1) is 12.7. The van der Waals surface area contributed by atoms with E-state index in [4.69, 9.17) is 0 Å². The molecule has 2 fully saturated rings. The molecule has 0 unspecified atom stereocenters. The Labute approximate surface area is 114 Å². The first-order chi connectivity index (χ1) is 9.01. The van der Waals surface area contributed by atoms with E-state index < -0.39 is 0 Å². The lowest BCUT2D eigenvalue weighted by Crippen LogP contribution is -2.57. The van der Waals surface area contributed by atoms with Gasteiger partial charge in [0.2, 0.25) is 0 Å². The van der Waals surface area contributed by atoms with Gasteiger partial charge in [-0.15, -0.1) is 0 Å². The van der Waals surface area contributed by atoms with Gasteiger partial charge in [0.05, 0.1) is 11.3 Å². The van der Waals surface area contributed by atoms with Gasteiger partial charge >= 0.3 is 0 Å². The summed E-state index contributed by atoms with van der Waals surface area (Å²) >= 11 is 0. The minimum absolute atomic E-state index is 0.168. The molecule has 2 heterocycles. The van der Waals surface area contributed by atoms with Gasteiger partial charge in [-0.3, -0.25) is 9.48 Å². The fourth-order valence-electron chi connectivity index (χ4n) is 3.47. The molecule has 104 valence electrons. The average Bonchev–Trinajstić information content (AvgIpc) is 2.92. The van der Waals surface area contributed by atoms with E-state index in [2.05, 4.69) is 18.9 Å². The van der Waals surface area contributed by atoms with Gasteiger partial charge in [-0.1, -0.05) is 12.8 Å². The molecule has 0 radical (unpaired) electrons. The molecule has 0 N–H and O–H groups in total. The van der Waals surface area contributed by atoms with Gasteiger partial charge in [-0.25, -0.2) is 0 Å². The quantitative estimate of drug-likeness (QED) is 0.821. The van der Waals surface area contributed by atoms with E-state index in [1.54, 1.807) is 0 Å². The average molecular weight is 261 g/mol. The topological polar surface area (TPSA) is 38.1 Å². The maximum absolute atomic E-state index is 12.5. The summed E-state index contributed by atoms with van der Waals surface area (Å²) in [6.07, 6.45) is 7.20. The molecule has 19 heavy (non-hydrogen) atoms. The van der Waals surface area contributed by atoms with Crippen molar-refractivity contribution in [2.75, 3.05) is 13.1 Å². The predicted octanol–water partition coefficient (Wildman–Crippen LogP) is 2.79. The summed E-state index contributed by atoms with van der Waals surface area (Å²) in [7, 11) is 0. The van der Waals surface area contributed by atoms with Crippen molar-refractivity contribution >= 4 is 5.91 Å². The Kier molecular flexibility index (Phi) is 2.91. The Morgan fingerprint density at radius 2 is 1.95 bits per heavy atom. The molecule has 1 aromatic heterocycles. The van der Waals surface area contributed by atoms with Crippen molar-refractivity contribution in [2.45, 2.75) is 52.5 Å². The van der Waals surface area contributed by atoms with Crippen LogP contribution in [0.25, 0.3) is 0 Å². The van der Waals surface area contributed by atoms with Crippen LogP contribution in [0.4, 0.5) is 0 Å². The molecule has 1 aliphatic heterocycles. The van der Waals surface area contributed by atoms with Crippen LogP contribution < -0.4 is 0 Å². The second-order valence-electron chi connectivity index (χ2n) is 6.57. The van der Waals surface area contributed by atoms with Crippen molar-refractivity contribution in [2.24, 2.45) is 5.41 Å². The van der Waals surface area contributed by atoms with Gasteiger partial charge in [0.1, 0.15) is 0 Å². The molecule has 1 amide bonds. The van der Waals surface area contributed by atoms with Crippen molar-refractivity contribution in [1.82, 2.24) is 14.7 Å². The Morgan fingerprint density at radius 3 is 2.47 bits per heavy atom. The van der Waals surface area contributed by atoms with Gasteiger partial charge in [-0.05, 0) is 33.6 Å². The highest BCUT2D eigenvalue weighted by molar-refractivity contribution is 5.95. The first-order valence-corrected chi connectivity index (χ1v) is 7.36. The molecular formula is C15H23N3O. The normalized spacial score (nSPS) is 21.2. The third-order valence-corrected chi connectivity index (χ3v) is 4.68. The van der Waals surface area contributed by atoms with Crippen molar-refractivity contribution in [3.63, 3.8) is 0 Å². The number of aromatic nitrogens is 2. The Bertz CT molecular complexity index is 489. The Balaban J connectivity index is 1.71. The number of aryl methyl sites for hydroxylation is 1. The zero-order valence-corrected chi connectivity index (χ0v) is 12.1. The van der Waals surface area contributed by atoms with E-state index in [9.17, 15) is 4.79 Å². The Hall–Kier alpha value is -1.32. The summed E-state index contributed by atoms with van der Waals surface area (Å²) in [5, 5.41) is 4.43. The van der Waals surface area contributed by atoms with Crippen LogP contribution in [-0.4, -0.2) is 33.7 Å². The SMILES string of the molecule is Cc1nn(C(C)C)cc1C(=O)N1CC2(CCCC2)C1. The van der Waals surface area contributed by atoms with Crippen LogP contribution in [0.1, 0.15) is 61.6 Å². The number of likely N-dealkylation sites (tertiary alicyclic amines) is 1. The maximum atomic E-state index is 12.5. The van der Waals surface area contributed by atoms with Crippen molar-refractivity contribution in [3.8, 4) is 0 Å². The lowest BCUT2D eigenvalue weighted by Gasteiger charge is -2.48. The first-order valence-electron chi connectivity index (χ1n) is 7.36. The van der Waals surface area contributed by atoms with Gasteiger partial charge < -0.3 is 4.90 Å². The predicted molar refractivity (Wildman–Crippen MR) is 74.2 cm³/mol. The van der Waals surface area contributed by atoms with Gasteiger partial charge in [0, 0.05) is 30.7 Å². The van der Waals surface area contributed by atoms with Crippen LogP contribution in [0, 0.1) is 12.3 Å². The monoisotopic (exact) mass is 261 g/mol. The molecule has 1 saturated carbocycles. The zero-order chi connectivity index (χ0) is 13.6. The molecule has 1 saturated heterocycles. The van der Waals surface area contributed by atoms with E-state index in [1.165, 1.54) is 25.7 Å². The van der Waals surface area contributed by atoms with Crippen LogP contribution in [-0.2, 0) is 0 Å². The fourth-order valence-corrected chi connectivity index (χ4v) is 3.47.